The standard InChI is InChI=1S/C22H28N4O5S/c1-14-5-7-16(8-6-14)23-18(27)19-25-24-17(32-19)13-30-20(28)15-9-11-26(12-10-15)21(29)31-22(2,3)4/h5-8,15H,9-13H2,1-4H3,(H,23,27). The largest absolute Gasteiger partial charge is 0.458 e. The Hall–Kier alpha value is -3.01. The van der Waals surface area contributed by atoms with E-state index in [1.165, 1.54) is 0 Å². The number of carbonyl (C=O) groups excluding carboxylic acids is 3. The van der Waals surface area contributed by atoms with Crippen molar-refractivity contribution in [2.75, 3.05) is 18.4 Å². The number of amides is 2. The number of piperidine rings is 1. The van der Waals surface area contributed by atoms with Gasteiger partial charge in [-0.1, -0.05) is 29.0 Å². The van der Waals surface area contributed by atoms with Crippen LogP contribution in [0.5, 0.6) is 0 Å². The molecule has 0 saturated carbocycles. The van der Waals surface area contributed by atoms with Gasteiger partial charge in [0, 0.05) is 18.8 Å². The number of nitrogens with one attached hydrogen (secondary N) is 1. The summed E-state index contributed by atoms with van der Waals surface area (Å²) < 4.78 is 10.7. The average molecular weight is 461 g/mol. The third kappa shape index (κ3) is 6.74. The van der Waals surface area contributed by atoms with E-state index in [4.69, 9.17) is 9.47 Å². The highest BCUT2D eigenvalue weighted by Gasteiger charge is 2.31. The van der Waals surface area contributed by atoms with Gasteiger partial charge in [0.05, 0.1) is 5.92 Å². The molecule has 0 radical (unpaired) electrons. The Morgan fingerprint density at radius 3 is 2.41 bits per heavy atom. The molecule has 1 aliphatic rings. The van der Waals surface area contributed by atoms with Crippen LogP contribution < -0.4 is 5.32 Å². The second kappa shape index (κ2) is 10.1. The van der Waals surface area contributed by atoms with Crippen molar-refractivity contribution in [3.05, 3.63) is 39.8 Å². The first-order valence-corrected chi connectivity index (χ1v) is 11.3. The molecule has 1 aromatic heterocycles. The number of aromatic nitrogens is 2. The SMILES string of the molecule is Cc1ccc(NC(=O)c2nnc(COC(=O)C3CCN(C(=O)OC(C)(C)C)CC3)s2)cc1. The van der Waals surface area contributed by atoms with Gasteiger partial charge in [-0.15, -0.1) is 10.2 Å². The Morgan fingerprint density at radius 2 is 1.78 bits per heavy atom. The molecule has 0 bridgehead atoms. The van der Waals surface area contributed by atoms with Gasteiger partial charge in [-0.3, -0.25) is 9.59 Å². The first kappa shape index (κ1) is 23.6. The number of hydrogen-bond donors (Lipinski definition) is 1. The molecule has 32 heavy (non-hydrogen) atoms. The number of hydrogen-bond acceptors (Lipinski definition) is 8. The van der Waals surface area contributed by atoms with Crippen molar-refractivity contribution >= 4 is 35.0 Å². The maximum Gasteiger partial charge on any atom is 0.410 e. The highest BCUT2D eigenvalue weighted by molar-refractivity contribution is 7.13. The summed E-state index contributed by atoms with van der Waals surface area (Å²) in [6.07, 6.45) is 0.659. The molecule has 1 saturated heterocycles. The number of esters is 1. The maximum atomic E-state index is 12.4. The summed E-state index contributed by atoms with van der Waals surface area (Å²) >= 11 is 1.08. The van der Waals surface area contributed by atoms with Gasteiger partial charge in [0.15, 0.2) is 5.01 Å². The van der Waals surface area contributed by atoms with Crippen molar-refractivity contribution in [2.24, 2.45) is 5.92 Å². The maximum absolute atomic E-state index is 12.4. The molecule has 1 aromatic carbocycles. The topological polar surface area (TPSA) is 111 Å². The van der Waals surface area contributed by atoms with Crippen LogP contribution in [0.2, 0.25) is 0 Å². The lowest BCUT2D eigenvalue weighted by molar-refractivity contribution is -0.151. The minimum absolute atomic E-state index is 0.0411. The average Bonchev–Trinajstić information content (AvgIpc) is 3.22. The Morgan fingerprint density at radius 1 is 1.12 bits per heavy atom. The Bertz CT molecular complexity index is 959. The lowest BCUT2D eigenvalue weighted by Crippen LogP contribution is -2.43. The molecule has 9 nitrogen and oxygen atoms in total. The summed E-state index contributed by atoms with van der Waals surface area (Å²) in [5.74, 6) is -0.987. The molecule has 3 rings (SSSR count). The van der Waals surface area contributed by atoms with Crippen molar-refractivity contribution in [2.45, 2.75) is 52.7 Å². The van der Waals surface area contributed by atoms with Crippen molar-refractivity contribution in [3.63, 3.8) is 0 Å². The van der Waals surface area contributed by atoms with Gasteiger partial charge in [-0.25, -0.2) is 4.79 Å². The Kier molecular flexibility index (Phi) is 7.44. The van der Waals surface area contributed by atoms with Crippen LogP contribution in [0.1, 0.15) is 54.0 Å². The number of nitrogens with zero attached hydrogens (tertiary/aromatic N) is 3. The molecule has 2 aromatic rings. The smallest absolute Gasteiger partial charge is 0.410 e. The van der Waals surface area contributed by atoms with E-state index in [1.807, 2.05) is 52.0 Å². The van der Waals surface area contributed by atoms with E-state index >= 15 is 0 Å². The van der Waals surface area contributed by atoms with Crippen LogP contribution >= 0.6 is 11.3 Å². The number of ether oxygens (including phenoxy) is 2. The zero-order valence-electron chi connectivity index (χ0n) is 18.7. The lowest BCUT2D eigenvalue weighted by atomic mass is 9.97. The minimum atomic E-state index is -0.551. The van der Waals surface area contributed by atoms with Crippen LogP contribution in [-0.4, -0.2) is 51.8 Å². The van der Waals surface area contributed by atoms with Gasteiger partial charge >= 0.3 is 12.1 Å². The molecule has 1 N–H and O–H groups in total. The van der Waals surface area contributed by atoms with E-state index in [0.29, 0.717) is 36.6 Å². The third-order valence-electron chi connectivity index (χ3n) is 4.79. The highest BCUT2D eigenvalue weighted by Crippen LogP contribution is 2.22. The number of carbonyl (C=O) groups is 3. The van der Waals surface area contributed by atoms with Gasteiger partial charge < -0.3 is 19.7 Å². The molecule has 0 unspecified atom stereocenters. The zero-order valence-corrected chi connectivity index (χ0v) is 19.5. The summed E-state index contributed by atoms with van der Waals surface area (Å²) in [5.41, 5.74) is 1.21. The van der Waals surface area contributed by atoms with Crippen molar-refractivity contribution in [1.82, 2.24) is 15.1 Å². The van der Waals surface area contributed by atoms with E-state index in [-0.39, 0.29) is 35.5 Å². The number of benzene rings is 1. The van der Waals surface area contributed by atoms with Gasteiger partial charge in [0.2, 0.25) is 5.01 Å². The van der Waals surface area contributed by atoms with Gasteiger partial charge in [0.25, 0.3) is 5.91 Å². The van der Waals surface area contributed by atoms with Crippen LogP contribution in [0.15, 0.2) is 24.3 Å². The van der Waals surface area contributed by atoms with Crippen LogP contribution in [0.25, 0.3) is 0 Å². The fraction of sp³-hybridized carbons (Fsp3) is 0.500. The monoisotopic (exact) mass is 460 g/mol. The van der Waals surface area contributed by atoms with E-state index < -0.39 is 5.60 Å². The summed E-state index contributed by atoms with van der Waals surface area (Å²) in [5, 5.41) is 11.2. The Balaban J connectivity index is 1.44. The summed E-state index contributed by atoms with van der Waals surface area (Å²) in [6, 6.07) is 7.42. The number of likely N-dealkylation sites (tertiary alicyclic amines) is 1. The fourth-order valence-corrected chi connectivity index (χ4v) is 3.75. The molecule has 0 atom stereocenters. The minimum Gasteiger partial charge on any atom is -0.458 e. The number of rotatable bonds is 5. The third-order valence-corrected chi connectivity index (χ3v) is 5.68. The van der Waals surface area contributed by atoms with Gasteiger partial charge in [-0.2, -0.15) is 0 Å². The highest BCUT2D eigenvalue weighted by atomic mass is 32.1. The summed E-state index contributed by atoms with van der Waals surface area (Å²) in [7, 11) is 0. The van der Waals surface area contributed by atoms with Gasteiger partial charge in [-0.05, 0) is 52.7 Å². The van der Waals surface area contributed by atoms with Crippen molar-refractivity contribution in [3.8, 4) is 0 Å². The molecule has 1 aliphatic heterocycles. The summed E-state index contributed by atoms with van der Waals surface area (Å²) in [6.45, 7) is 8.27. The molecule has 1 fully saturated rings. The van der Waals surface area contributed by atoms with E-state index in [0.717, 1.165) is 16.9 Å². The quantitative estimate of drug-likeness (QED) is 0.676. The van der Waals surface area contributed by atoms with E-state index in [9.17, 15) is 14.4 Å². The van der Waals surface area contributed by atoms with Crippen LogP contribution in [0.3, 0.4) is 0 Å². The zero-order chi connectivity index (χ0) is 23.3. The van der Waals surface area contributed by atoms with E-state index in [2.05, 4.69) is 15.5 Å². The molecular weight excluding hydrogens is 432 g/mol. The second-order valence-corrected chi connectivity index (χ2v) is 9.73. The normalized spacial score (nSPS) is 14.7. The predicted molar refractivity (Wildman–Crippen MR) is 119 cm³/mol. The molecule has 0 aliphatic carbocycles. The Labute approximate surface area is 191 Å². The second-order valence-electron chi connectivity index (χ2n) is 8.67. The van der Waals surface area contributed by atoms with E-state index in [1.54, 1.807) is 4.90 Å². The van der Waals surface area contributed by atoms with Crippen molar-refractivity contribution < 1.29 is 23.9 Å². The first-order chi connectivity index (χ1) is 15.1. The number of aryl methyl sites for hydroxylation is 1. The van der Waals surface area contributed by atoms with Crippen LogP contribution in [0, 0.1) is 12.8 Å². The lowest BCUT2D eigenvalue weighted by Gasteiger charge is -2.32. The molecular formula is C22H28N4O5S. The van der Waals surface area contributed by atoms with Crippen LogP contribution in [-0.2, 0) is 20.9 Å². The number of anilines is 1. The molecule has 0 spiro atoms. The van der Waals surface area contributed by atoms with Gasteiger partial charge in [0.1, 0.15) is 12.2 Å². The predicted octanol–water partition coefficient (Wildman–Crippen LogP) is 3.79. The van der Waals surface area contributed by atoms with Crippen molar-refractivity contribution in [1.29, 1.82) is 0 Å². The first-order valence-electron chi connectivity index (χ1n) is 10.5. The molecule has 2 heterocycles. The molecule has 10 heteroatoms. The molecule has 172 valence electrons. The fourth-order valence-electron chi connectivity index (χ4n) is 3.10. The summed E-state index contributed by atoms with van der Waals surface area (Å²) in [4.78, 5) is 38.5. The van der Waals surface area contributed by atoms with Crippen LogP contribution in [0.4, 0.5) is 10.5 Å². The molecule has 2 amide bonds.